The third kappa shape index (κ3) is 11.1. The highest BCUT2D eigenvalue weighted by Gasteiger charge is 2.29. The van der Waals surface area contributed by atoms with E-state index in [2.05, 4.69) is 37.4 Å². The number of anilines is 2. The Balaban J connectivity index is 1.54. The number of halogens is 1. The van der Waals surface area contributed by atoms with Gasteiger partial charge in [0.1, 0.15) is 12.6 Å². The topological polar surface area (TPSA) is 182 Å². The van der Waals surface area contributed by atoms with Gasteiger partial charge in [0, 0.05) is 22.8 Å². The molecule has 3 rings (SSSR count). The van der Waals surface area contributed by atoms with E-state index in [9.17, 15) is 22.8 Å². The number of esters is 1. The Kier molecular flexibility index (Phi) is 11.6. The van der Waals surface area contributed by atoms with Gasteiger partial charge >= 0.3 is 5.97 Å². The number of aromatic nitrogens is 2. The van der Waals surface area contributed by atoms with E-state index in [0.717, 1.165) is 5.56 Å². The zero-order chi connectivity index (χ0) is 32.5. The van der Waals surface area contributed by atoms with Crippen molar-refractivity contribution < 1.29 is 32.1 Å². The Hall–Kier alpha value is -4.27. The van der Waals surface area contributed by atoms with Crippen LogP contribution in [0, 0.1) is 5.41 Å². The molecule has 15 heteroatoms. The maximum absolute atomic E-state index is 12.9. The highest BCUT2D eigenvalue weighted by molar-refractivity contribution is 7.88. The largest absolute Gasteiger partial charge is 0.463 e. The third-order valence-corrected chi connectivity index (χ3v) is 7.42. The summed E-state index contributed by atoms with van der Waals surface area (Å²) in [6, 6.07) is 11.8. The first-order chi connectivity index (χ1) is 20.6. The molecular formula is C29H35ClN6O7S. The summed E-state index contributed by atoms with van der Waals surface area (Å²) in [7, 11) is -4.05. The summed E-state index contributed by atoms with van der Waals surface area (Å²) in [5, 5.41) is 12.3. The number of benzene rings is 2. The SMILES string of the molecule is C=C(C)c1nc(Nc2ccc(CNC(=O)CNC(=O)[C@@H](COC(=O)C(C)(C)C)NS(=O)(=O)Cc3ccc(Cl)cc3)cc2)no1. The zero-order valence-electron chi connectivity index (χ0n) is 24.8. The van der Waals surface area contributed by atoms with Crippen molar-refractivity contribution in [2.24, 2.45) is 5.41 Å². The van der Waals surface area contributed by atoms with Crippen LogP contribution in [0.4, 0.5) is 11.6 Å². The second-order valence-corrected chi connectivity index (χ2v) is 13.1. The Labute approximate surface area is 260 Å². The van der Waals surface area contributed by atoms with E-state index in [0.29, 0.717) is 27.7 Å². The number of allylic oxidation sites excluding steroid dienone is 1. The number of nitrogens with one attached hydrogen (secondary N) is 4. The monoisotopic (exact) mass is 646 g/mol. The van der Waals surface area contributed by atoms with Crippen molar-refractivity contribution in [2.75, 3.05) is 18.5 Å². The van der Waals surface area contributed by atoms with Gasteiger partial charge in [-0.25, -0.2) is 8.42 Å². The number of hydrogen-bond donors (Lipinski definition) is 4. The molecule has 1 aromatic heterocycles. The molecule has 0 saturated heterocycles. The van der Waals surface area contributed by atoms with E-state index in [4.69, 9.17) is 20.9 Å². The highest BCUT2D eigenvalue weighted by atomic mass is 35.5. The van der Waals surface area contributed by atoms with Crippen LogP contribution < -0.4 is 20.7 Å². The average molecular weight is 647 g/mol. The summed E-state index contributed by atoms with van der Waals surface area (Å²) >= 11 is 5.87. The molecule has 1 atom stereocenters. The number of carbonyl (C=O) groups excluding carboxylic acids is 3. The van der Waals surface area contributed by atoms with Crippen LogP contribution in [0.2, 0.25) is 5.02 Å². The number of nitrogens with zero attached hydrogens (tertiary/aromatic N) is 2. The second kappa shape index (κ2) is 14.9. The first kappa shape index (κ1) is 34.2. The maximum atomic E-state index is 12.9. The van der Waals surface area contributed by atoms with Crippen molar-refractivity contribution in [3.8, 4) is 0 Å². The Morgan fingerprint density at radius 2 is 1.66 bits per heavy atom. The highest BCUT2D eigenvalue weighted by Crippen LogP contribution is 2.18. The molecule has 0 fully saturated rings. The van der Waals surface area contributed by atoms with Crippen molar-refractivity contribution >= 4 is 56.6 Å². The zero-order valence-corrected chi connectivity index (χ0v) is 26.3. The van der Waals surface area contributed by atoms with Gasteiger partial charge in [-0.15, -0.1) is 0 Å². The molecule has 3 aromatic rings. The van der Waals surface area contributed by atoms with E-state index in [-0.39, 0.29) is 12.5 Å². The fraction of sp³-hybridized carbons (Fsp3) is 0.345. The molecule has 0 saturated carbocycles. The normalized spacial score (nSPS) is 12.2. The van der Waals surface area contributed by atoms with Crippen LogP contribution in [-0.4, -0.2) is 55.5 Å². The molecule has 0 aliphatic rings. The smallest absolute Gasteiger partial charge is 0.311 e. The molecule has 0 aliphatic carbocycles. The Morgan fingerprint density at radius 1 is 1.02 bits per heavy atom. The van der Waals surface area contributed by atoms with Crippen LogP contribution in [0.15, 0.2) is 59.6 Å². The van der Waals surface area contributed by atoms with Crippen LogP contribution in [0.5, 0.6) is 0 Å². The molecule has 4 N–H and O–H groups in total. The minimum absolute atomic E-state index is 0.164. The van der Waals surface area contributed by atoms with E-state index >= 15 is 0 Å². The van der Waals surface area contributed by atoms with E-state index < -0.39 is 58.2 Å². The van der Waals surface area contributed by atoms with E-state index in [1.807, 2.05) is 0 Å². The summed E-state index contributed by atoms with van der Waals surface area (Å²) in [5.74, 6) is -1.83. The maximum Gasteiger partial charge on any atom is 0.311 e. The lowest BCUT2D eigenvalue weighted by atomic mass is 9.97. The molecule has 1 heterocycles. The molecule has 0 unspecified atom stereocenters. The van der Waals surface area contributed by atoms with Crippen LogP contribution in [0.25, 0.3) is 5.57 Å². The molecule has 236 valence electrons. The van der Waals surface area contributed by atoms with Gasteiger partial charge in [0.05, 0.1) is 17.7 Å². The van der Waals surface area contributed by atoms with Gasteiger partial charge in [-0.1, -0.05) is 42.4 Å². The van der Waals surface area contributed by atoms with Gasteiger partial charge in [0.25, 0.3) is 11.8 Å². The number of rotatable bonds is 14. The molecule has 13 nitrogen and oxygen atoms in total. The van der Waals surface area contributed by atoms with Gasteiger partial charge in [-0.3, -0.25) is 14.4 Å². The molecule has 2 amide bonds. The van der Waals surface area contributed by atoms with Crippen LogP contribution in [-0.2, 0) is 41.4 Å². The van der Waals surface area contributed by atoms with Gasteiger partial charge in [0.15, 0.2) is 0 Å². The summed E-state index contributed by atoms with van der Waals surface area (Å²) in [6.45, 7) is 9.52. The lowest BCUT2D eigenvalue weighted by Gasteiger charge is -2.21. The molecule has 0 radical (unpaired) electrons. The van der Waals surface area contributed by atoms with Crippen molar-refractivity contribution in [3.63, 3.8) is 0 Å². The standard InChI is InChI=1S/C29H35ClN6O7S/c1-18(2)26-34-28(35-43-26)33-22-12-8-19(9-13-22)14-31-24(37)15-32-25(38)23(16-42-27(39)29(3,4)5)36-44(40,41)17-20-6-10-21(30)11-7-20/h6-13,23,36H,1,14-17H2,2-5H3,(H,31,37)(H,32,38)(H,33,35)/t23-/m1/s1. The van der Waals surface area contributed by atoms with Crippen LogP contribution >= 0.6 is 11.6 Å². The summed E-state index contributed by atoms with van der Waals surface area (Å²) < 4.78 is 38.2. The Morgan fingerprint density at radius 3 is 2.25 bits per heavy atom. The molecule has 0 bridgehead atoms. The fourth-order valence-electron chi connectivity index (χ4n) is 3.43. The van der Waals surface area contributed by atoms with E-state index in [1.165, 1.54) is 12.1 Å². The van der Waals surface area contributed by atoms with Crippen LogP contribution in [0.1, 0.15) is 44.7 Å². The predicted octanol–water partition coefficient (Wildman–Crippen LogP) is 3.31. The van der Waals surface area contributed by atoms with Gasteiger partial charge in [-0.05, 0) is 68.2 Å². The number of hydrogen-bond acceptors (Lipinski definition) is 10. The van der Waals surface area contributed by atoms with Gasteiger partial charge < -0.3 is 25.2 Å². The Bertz CT molecular complexity index is 1580. The molecular weight excluding hydrogens is 612 g/mol. The first-order valence-corrected chi connectivity index (χ1v) is 15.5. The number of sulfonamides is 1. The summed E-state index contributed by atoms with van der Waals surface area (Å²) in [5.41, 5.74) is 1.66. The van der Waals surface area contributed by atoms with Crippen molar-refractivity contribution in [3.05, 3.63) is 77.2 Å². The average Bonchev–Trinajstić information content (AvgIpc) is 3.43. The van der Waals surface area contributed by atoms with E-state index in [1.54, 1.807) is 64.1 Å². The van der Waals surface area contributed by atoms with Crippen molar-refractivity contribution in [2.45, 2.75) is 46.0 Å². The molecule has 0 spiro atoms. The molecule has 2 aromatic carbocycles. The fourth-order valence-corrected chi connectivity index (χ4v) is 4.88. The second-order valence-electron chi connectivity index (χ2n) is 10.9. The minimum atomic E-state index is -4.05. The minimum Gasteiger partial charge on any atom is -0.463 e. The van der Waals surface area contributed by atoms with Crippen molar-refractivity contribution in [1.82, 2.24) is 25.5 Å². The predicted molar refractivity (Wildman–Crippen MR) is 165 cm³/mol. The molecule has 44 heavy (non-hydrogen) atoms. The van der Waals surface area contributed by atoms with Crippen molar-refractivity contribution in [1.29, 1.82) is 0 Å². The third-order valence-electron chi connectivity index (χ3n) is 5.82. The lowest BCUT2D eigenvalue weighted by Crippen LogP contribution is -2.51. The number of ether oxygens (including phenoxy) is 1. The number of amides is 2. The van der Waals surface area contributed by atoms with Gasteiger partial charge in [0.2, 0.25) is 21.8 Å². The first-order valence-electron chi connectivity index (χ1n) is 13.4. The van der Waals surface area contributed by atoms with Gasteiger partial charge in [-0.2, -0.15) is 9.71 Å². The number of carbonyl (C=O) groups is 3. The summed E-state index contributed by atoms with van der Waals surface area (Å²) in [4.78, 5) is 41.8. The summed E-state index contributed by atoms with van der Waals surface area (Å²) in [6.07, 6.45) is 0. The van der Waals surface area contributed by atoms with Crippen LogP contribution in [0.3, 0.4) is 0 Å². The lowest BCUT2D eigenvalue weighted by molar-refractivity contribution is -0.154. The molecule has 0 aliphatic heterocycles. The quantitative estimate of drug-likeness (QED) is 0.190.